The standard InChI is InChI=1S/C26H40N4O3/c1-18(2)14-15-29(24(32)26(6,7)8)17-23(31)27-22-16-21(25(3,4)5)28-30(22)19-10-12-20(33-9)13-11-19/h10-13,16,18H,14-15,17H2,1-9H3,(H,27,31). The van der Waals surface area contributed by atoms with Crippen LogP contribution in [0.5, 0.6) is 5.75 Å². The first-order chi connectivity index (χ1) is 15.2. The van der Waals surface area contributed by atoms with Gasteiger partial charge in [0.2, 0.25) is 11.8 Å². The Bertz CT molecular complexity index is 947. The third-order valence-corrected chi connectivity index (χ3v) is 5.30. The quantitative estimate of drug-likeness (QED) is 0.604. The molecule has 2 rings (SSSR count). The van der Waals surface area contributed by atoms with E-state index >= 15 is 0 Å². The number of amides is 2. The first kappa shape index (κ1) is 26.4. The van der Waals surface area contributed by atoms with Gasteiger partial charge in [-0.05, 0) is 36.6 Å². The highest BCUT2D eigenvalue weighted by atomic mass is 16.5. The summed E-state index contributed by atoms with van der Waals surface area (Å²) in [5.74, 6) is 1.48. The lowest BCUT2D eigenvalue weighted by molar-refractivity contribution is -0.142. The summed E-state index contributed by atoms with van der Waals surface area (Å²) >= 11 is 0. The number of aromatic nitrogens is 2. The molecule has 0 aliphatic carbocycles. The van der Waals surface area contributed by atoms with Crippen LogP contribution in [-0.4, -0.2) is 46.7 Å². The first-order valence-corrected chi connectivity index (χ1v) is 11.6. The minimum absolute atomic E-state index is 0.00146. The highest BCUT2D eigenvalue weighted by Gasteiger charge is 2.29. The third-order valence-electron chi connectivity index (χ3n) is 5.30. The summed E-state index contributed by atoms with van der Waals surface area (Å²) < 4.78 is 6.98. The van der Waals surface area contributed by atoms with E-state index in [-0.39, 0.29) is 23.8 Å². The number of anilines is 1. The van der Waals surface area contributed by atoms with Crippen LogP contribution in [0, 0.1) is 11.3 Å². The highest BCUT2D eigenvalue weighted by Crippen LogP contribution is 2.27. The monoisotopic (exact) mass is 456 g/mol. The Morgan fingerprint density at radius 1 is 1.09 bits per heavy atom. The molecule has 0 unspecified atom stereocenters. The Morgan fingerprint density at radius 2 is 1.70 bits per heavy atom. The van der Waals surface area contributed by atoms with E-state index in [1.165, 1.54) is 0 Å². The topological polar surface area (TPSA) is 76.5 Å². The molecule has 0 atom stereocenters. The molecule has 0 aliphatic rings. The van der Waals surface area contributed by atoms with Crippen LogP contribution in [0.3, 0.4) is 0 Å². The van der Waals surface area contributed by atoms with Crippen molar-refractivity contribution in [3.8, 4) is 11.4 Å². The Morgan fingerprint density at radius 3 is 2.18 bits per heavy atom. The smallest absolute Gasteiger partial charge is 0.245 e. The number of carbonyl (C=O) groups is 2. The molecule has 1 aromatic heterocycles. The van der Waals surface area contributed by atoms with Crippen molar-refractivity contribution in [2.24, 2.45) is 11.3 Å². The Hall–Kier alpha value is -2.83. The van der Waals surface area contributed by atoms with Gasteiger partial charge in [0, 0.05) is 23.4 Å². The van der Waals surface area contributed by atoms with Crippen LogP contribution >= 0.6 is 0 Å². The van der Waals surface area contributed by atoms with Gasteiger partial charge in [-0.2, -0.15) is 5.10 Å². The van der Waals surface area contributed by atoms with E-state index in [0.717, 1.165) is 23.6 Å². The van der Waals surface area contributed by atoms with Crippen LogP contribution < -0.4 is 10.1 Å². The van der Waals surface area contributed by atoms with Crippen LogP contribution in [0.15, 0.2) is 30.3 Å². The molecule has 0 bridgehead atoms. The zero-order valence-electron chi connectivity index (χ0n) is 21.7. The molecule has 7 heteroatoms. The summed E-state index contributed by atoms with van der Waals surface area (Å²) in [7, 11) is 1.62. The molecule has 0 aliphatic heterocycles. The predicted octanol–water partition coefficient (Wildman–Crippen LogP) is 5.04. The highest BCUT2D eigenvalue weighted by molar-refractivity contribution is 5.95. The molecule has 2 amide bonds. The number of methoxy groups -OCH3 is 1. The van der Waals surface area contributed by atoms with Gasteiger partial charge in [0.25, 0.3) is 0 Å². The van der Waals surface area contributed by atoms with Gasteiger partial charge >= 0.3 is 0 Å². The fourth-order valence-corrected chi connectivity index (χ4v) is 3.25. The normalized spacial score (nSPS) is 12.1. The van der Waals surface area contributed by atoms with Gasteiger partial charge in [-0.1, -0.05) is 55.4 Å². The number of nitrogens with zero attached hydrogens (tertiary/aromatic N) is 3. The first-order valence-electron chi connectivity index (χ1n) is 11.6. The summed E-state index contributed by atoms with van der Waals surface area (Å²) in [5, 5.41) is 7.74. The average Bonchev–Trinajstić information content (AvgIpc) is 3.14. The lowest BCUT2D eigenvalue weighted by atomic mass is 9.92. The molecule has 0 fully saturated rings. The Labute approximate surface area is 198 Å². The molecule has 0 saturated carbocycles. The number of benzene rings is 1. The number of hydrogen-bond acceptors (Lipinski definition) is 4. The third kappa shape index (κ3) is 7.34. The van der Waals surface area contributed by atoms with Gasteiger partial charge < -0.3 is 15.0 Å². The minimum atomic E-state index is -0.554. The number of ether oxygens (including phenoxy) is 1. The molecule has 0 spiro atoms. The number of carbonyl (C=O) groups excluding carboxylic acids is 2. The zero-order chi connectivity index (χ0) is 25.0. The fraction of sp³-hybridized carbons (Fsp3) is 0.577. The molecule has 0 saturated heterocycles. The van der Waals surface area contributed by atoms with Gasteiger partial charge in [0.1, 0.15) is 11.6 Å². The van der Waals surface area contributed by atoms with E-state index in [0.29, 0.717) is 18.3 Å². The van der Waals surface area contributed by atoms with Gasteiger partial charge in [-0.25, -0.2) is 4.68 Å². The summed E-state index contributed by atoms with van der Waals surface area (Å²) in [6.45, 7) is 16.6. The van der Waals surface area contributed by atoms with E-state index in [1.807, 2.05) is 51.1 Å². The molecule has 2 aromatic rings. The van der Waals surface area contributed by atoms with Crippen molar-refractivity contribution in [1.29, 1.82) is 0 Å². The molecular weight excluding hydrogens is 416 g/mol. The molecule has 7 nitrogen and oxygen atoms in total. The summed E-state index contributed by atoms with van der Waals surface area (Å²) in [5.41, 5.74) is 0.921. The number of hydrogen-bond donors (Lipinski definition) is 1. The van der Waals surface area contributed by atoms with Crippen molar-refractivity contribution >= 4 is 17.6 Å². The van der Waals surface area contributed by atoms with Crippen molar-refractivity contribution in [2.75, 3.05) is 25.5 Å². The zero-order valence-corrected chi connectivity index (χ0v) is 21.7. The van der Waals surface area contributed by atoms with Crippen molar-refractivity contribution < 1.29 is 14.3 Å². The van der Waals surface area contributed by atoms with E-state index in [4.69, 9.17) is 9.84 Å². The van der Waals surface area contributed by atoms with Crippen molar-refractivity contribution in [2.45, 2.75) is 67.2 Å². The lowest BCUT2D eigenvalue weighted by Crippen LogP contribution is -2.44. The van der Waals surface area contributed by atoms with Crippen LogP contribution in [0.25, 0.3) is 5.69 Å². The molecule has 1 N–H and O–H groups in total. The molecule has 1 heterocycles. The summed E-state index contributed by atoms with van der Waals surface area (Å²) in [6.07, 6.45) is 0.840. The predicted molar refractivity (Wildman–Crippen MR) is 133 cm³/mol. The molecule has 0 radical (unpaired) electrons. The van der Waals surface area contributed by atoms with E-state index in [1.54, 1.807) is 16.7 Å². The van der Waals surface area contributed by atoms with Gasteiger partial charge in [0.05, 0.1) is 25.0 Å². The Balaban J connectivity index is 2.31. The van der Waals surface area contributed by atoms with E-state index in [9.17, 15) is 9.59 Å². The number of nitrogens with one attached hydrogen (secondary N) is 1. The Kier molecular flexibility index (Phi) is 8.33. The largest absolute Gasteiger partial charge is 0.497 e. The minimum Gasteiger partial charge on any atom is -0.497 e. The van der Waals surface area contributed by atoms with Crippen molar-refractivity contribution in [1.82, 2.24) is 14.7 Å². The number of rotatable bonds is 8. The van der Waals surface area contributed by atoms with E-state index in [2.05, 4.69) is 39.9 Å². The second-order valence-corrected chi connectivity index (χ2v) is 11.0. The van der Waals surface area contributed by atoms with Gasteiger partial charge in [0.15, 0.2) is 0 Å². The SMILES string of the molecule is COc1ccc(-n2nc(C(C)(C)C)cc2NC(=O)CN(CCC(C)C)C(=O)C(C)(C)C)cc1. The fourth-order valence-electron chi connectivity index (χ4n) is 3.25. The van der Waals surface area contributed by atoms with Crippen LogP contribution in [-0.2, 0) is 15.0 Å². The maximum Gasteiger partial charge on any atom is 0.245 e. The molecule has 33 heavy (non-hydrogen) atoms. The second kappa shape index (κ2) is 10.4. The van der Waals surface area contributed by atoms with Crippen LogP contribution in [0.1, 0.15) is 67.5 Å². The average molecular weight is 457 g/mol. The van der Waals surface area contributed by atoms with E-state index < -0.39 is 5.41 Å². The second-order valence-electron chi connectivity index (χ2n) is 11.0. The van der Waals surface area contributed by atoms with Crippen LogP contribution in [0.2, 0.25) is 0 Å². The summed E-state index contributed by atoms with van der Waals surface area (Å²) in [6, 6.07) is 9.40. The maximum atomic E-state index is 13.1. The summed E-state index contributed by atoms with van der Waals surface area (Å²) in [4.78, 5) is 27.7. The molecule has 1 aromatic carbocycles. The van der Waals surface area contributed by atoms with Crippen molar-refractivity contribution in [3.63, 3.8) is 0 Å². The lowest BCUT2D eigenvalue weighted by Gasteiger charge is -2.29. The molecular formula is C26H40N4O3. The van der Waals surface area contributed by atoms with Gasteiger partial charge in [-0.3, -0.25) is 9.59 Å². The van der Waals surface area contributed by atoms with Gasteiger partial charge in [-0.15, -0.1) is 0 Å². The maximum absolute atomic E-state index is 13.1. The van der Waals surface area contributed by atoms with Crippen LogP contribution in [0.4, 0.5) is 5.82 Å². The van der Waals surface area contributed by atoms with Crippen molar-refractivity contribution in [3.05, 3.63) is 36.0 Å². The molecule has 182 valence electrons.